The van der Waals surface area contributed by atoms with E-state index in [4.69, 9.17) is 10.1 Å². The van der Waals surface area contributed by atoms with E-state index in [1.54, 1.807) is 0 Å². The van der Waals surface area contributed by atoms with Crippen molar-refractivity contribution in [2.75, 3.05) is 13.1 Å². The van der Waals surface area contributed by atoms with Crippen LogP contribution in [0.5, 0.6) is 0 Å². The molecule has 2 aliphatic rings. The number of hydrogen-bond acceptors (Lipinski definition) is 4. The Morgan fingerprint density at radius 2 is 2.04 bits per heavy atom. The lowest BCUT2D eigenvalue weighted by atomic mass is 9.95. The number of aryl methyl sites for hydroxylation is 1. The number of benzene rings is 1. The van der Waals surface area contributed by atoms with Crippen molar-refractivity contribution in [1.29, 1.82) is 0 Å². The van der Waals surface area contributed by atoms with E-state index in [1.165, 1.54) is 5.56 Å². The maximum Gasteiger partial charge on any atom is 0.161 e. The van der Waals surface area contributed by atoms with Crippen molar-refractivity contribution in [2.24, 2.45) is 0 Å². The van der Waals surface area contributed by atoms with Gasteiger partial charge in [-0.2, -0.15) is 5.10 Å². The number of aliphatic hydroxyl groups excluding tert-OH is 1. The minimum atomic E-state index is -0.200. The predicted octanol–water partition coefficient (Wildman–Crippen LogP) is 3.11. The van der Waals surface area contributed by atoms with Crippen LogP contribution in [0, 0.1) is 0 Å². The largest absolute Gasteiger partial charge is 0.392 e. The summed E-state index contributed by atoms with van der Waals surface area (Å²) in [5, 5.41) is 14.9. The van der Waals surface area contributed by atoms with Gasteiger partial charge in [0.05, 0.1) is 18.1 Å². The molecule has 1 aromatic carbocycles. The van der Waals surface area contributed by atoms with Crippen LogP contribution in [0.1, 0.15) is 62.7 Å². The molecule has 4 rings (SSSR count). The molecule has 1 saturated heterocycles. The van der Waals surface area contributed by atoms with Crippen molar-refractivity contribution >= 4 is 0 Å². The molecule has 2 aromatic rings. The first-order chi connectivity index (χ1) is 12.7. The Morgan fingerprint density at radius 3 is 2.73 bits per heavy atom. The molecule has 0 radical (unpaired) electrons. The third-order valence-electron chi connectivity index (χ3n) is 5.82. The highest BCUT2D eigenvalue weighted by Crippen LogP contribution is 2.52. The molecule has 140 valence electrons. The first-order valence-electron chi connectivity index (χ1n) is 10.1. The molecule has 2 fully saturated rings. The van der Waals surface area contributed by atoms with E-state index in [9.17, 15) is 5.11 Å². The highest BCUT2D eigenvalue weighted by Gasteiger charge is 2.49. The lowest BCUT2D eigenvalue weighted by Crippen LogP contribution is -2.38. The number of rotatable bonds is 7. The number of likely N-dealkylation sites (tertiary alicyclic amines) is 1. The molecule has 0 amide bonds. The predicted molar refractivity (Wildman–Crippen MR) is 102 cm³/mol. The molecule has 0 spiro atoms. The van der Waals surface area contributed by atoms with Gasteiger partial charge in [0.15, 0.2) is 5.82 Å². The Kier molecular flexibility index (Phi) is 5.09. The van der Waals surface area contributed by atoms with Crippen LogP contribution in [0.3, 0.4) is 0 Å². The molecule has 1 aromatic heterocycles. The summed E-state index contributed by atoms with van der Waals surface area (Å²) in [6, 6.07) is 10.7. The lowest BCUT2D eigenvalue weighted by molar-refractivity contribution is 0.0647. The molecule has 5 nitrogen and oxygen atoms in total. The average molecular weight is 354 g/mol. The summed E-state index contributed by atoms with van der Waals surface area (Å²) in [6.45, 7) is 5.72. The van der Waals surface area contributed by atoms with Gasteiger partial charge in [0.1, 0.15) is 5.82 Å². The third-order valence-corrected chi connectivity index (χ3v) is 5.82. The van der Waals surface area contributed by atoms with Crippen LogP contribution in [0.4, 0.5) is 0 Å². The SMILES string of the molecule is CCCCn1nc(C2(c3ccccc3)CC2)nc1CN1CCC[C@H](O)C1. The normalized spacial score (nSPS) is 22.5. The zero-order chi connectivity index (χ0) is 18.0. The van der Waals surface area contributed by atoms with E-state index in [1.807, 2.05) is 0 Å². The number of aromatic nitrogens is 3. The van der Waals surface area contributed by atoms with Crippen LogP contribution in [-0.2, 0) is 18.5 Å². The lowest BCUT2D eigenvalue weighted by Gasteiger charge is -2.29. The Balaban J connectivity index is 1.59. The Morgan fingerprint density at radius 1 is 1.23 bits per heavy atom. The van der Waals surface area contributed by atoms with Gasteiger partial charge in [0.2, 0.25) is 0 Å². The molecule has 1 aliphatic heterocycles. The van der Waals surface area contributed by atoms with E-state index < -0.39 is 0 Å². The first kappa shape index (κ1) is 17.7. The molecule has 1 atom stereocenters. The number of nitrogens with zero attached hydrogens (tertiary/aromatic N) is 4. The fraction of sp³-hybridized carbons (Fsp3) is 0.619. The molecule has 1 aliphatic carbocycles. The second-order valence-corrected chi connectivity index (χ2v) is 7.91. The van der Waals surface area contributed by atoms with Crippen molar-refractivity contribution in [2.45, 2.75) is 70.1 Å². The summed E-state index contributed by atoms with van der Waals surface area (Å²) in [5.41, 5.74) is 1.36. The molecule has 0 bridgehead atoms. The van der Waals surface area contributed by atoms with Gasteiger partial charge in [0, 0.05) is 13.1 Å². The van der Waals surface area contributed by atoms with Crippen molar-refractivity contribution in [1.82, 2.24) is 19.7 Å². The molecule has 2 heterocycles. The van der Waals surface area contributed by atoms with Crippen LogP contribution in [0.15, 0.2) is 30.3 Å². The van der Waals surface area contributed by atoms with Crippen LogP contribution >= 0.6 is 0 Å². The highest BCUT2D eigenvalue weighted by atomic mass is 16.3. The maximum atomic E-state index is 9.98. The number of unbranched alkanes of at least 4 members (excludes halogenated alkanes) is 1. The Bertz CT molecular complexity index is 723. The van der Waals surface area contributed by atoms with Gasteiger partial charge in [-0.3, -0.25) is 4.90 Å². The number of hydrogen-bond donors (Lipinski definition) is 1. The fourth-order valence-electron chi connectivity index (χ4n) is 4.08. The average Bonchev–Trinajstić information content (AvgIpc) is 3.38. The molecule has 5 heteroatoms. The van der Waals surface area contributed by atoms with Gasteiger partial charge < -0.3 is 5.11 Å². The molecular weight excluding hydrogens is 324 g/mol. The van der Waals surface area contributed by atoms with Crippen molar-refractivity contribution in [3.05, 3.63) is 47.5 Å². The van der Waals surface area contributed by atoms with Crippen LogP contribution in [0.2, 0.25) is 0 Å². The quantitative estimate of drug-likeness (QED) is 0.830. The van der Waals surface area contributed by atoms with Crippen molar-refractivity contribution < 1.29 is 5.11 Å². The number of aliphatic hydroxyl groups is 1. The Labute approximate surface area is 156 Å². The van der Waals surface area contributed by atoms with Crippen molar-refractivity contribution in [3.63, 3.8) is 0 Å². The molecular formula is C21H30N4O. The van der Waals surface area contributed by atoms with E-state index in [2.05, 4.69) is 46.8 Å². The summed E-state index contributed by atoms with van der Waals surface area (Å²) >= 11 is 0. The monoisotopic (exact) mass is 354 g/mol. The summed E-state index contributed by atoms with van der Waals surface area (Å²) < 4.78 is 2.13. The summed E-state index contributed by atoms with van der Waals surface area (Å²) in [7, 11) is 0. The van der Waals surface area contributed by atoms with Gasteiger partial charge in [-0.05, 0) is 44.2 Å². The minimum Gasteiger partial charge on any atom is -0.392 e. The Hall–Kier alpha value is -1.72. The summed E-state index contributed by atoms with van der Waals surface area (Å²) in [4.78, 5) is 7.35. The third kappa shape index (κ3) is 3.55. The fourth-order valence-corrected chi connectivity index (χ4v) is 4.08. The van der Waals surface area contributed by atoms with Gasteiger partial charge in [-0.25, -0.2) is 9.67 Å². The summed E-state index contributed by atoms with van der Waals surface area (Å²) in [6.07, 6.45) is 6.33. The minimum absolute atomic E-state index is 0.0227. The molecule has 26 heavy (non-hydrogen) atoms. The second-order valence-electron chi connectivity index (χ2n) is 7.91. The molecule has 0 unspecified atom stereocenters. The van der Waals surface area contributed by atoms with E-state index >= 15 is 0 Å². The first-order valence-corrected chi connectivity index (χ1v) is 10.1. The molecule has 1 saturated carbocycles. The molecule has 1 N–H and O–H groups in total. The van der Waals surface area contributed by atoms with Gasteiger partial charge in [0.25, 0.3) is 0 Å². The standard InChI is InChI=1S/C21H30N4O/c1-2-3-14-25-19(16-24-13-7-10-18(26)15-24)22-20(23-25)21(11-12-21)17-8-5-4-6-9-17/h4-6,8-9,18,26H,2-3,7,10-16H2,1H3/t18-/m0/s1. The van der Waals surface area contributed by atoms with E-state index in [-0.39, 0.29) is 11.5 Å². The summed E-state index contributed by atoms with van der Waals surface area (Å²) in [5.74, 6) is 2.05. The highest BCUT2D eigenvalue weighted by molar-refractivity contribution is 5.39. The van der Waals surface area contributed by atoms with Gasteiger partial charge >= 0.3 is 0 Å². The van der Waals surface area contributed by atoms with Gasteiger partial charge in [-0.15, -0.1) is 0 Å². The van der Waals surface area contributed by atoms with Crippen LogP contribution in [0.25, 0.3) is 0 Å². The zero-order valence-corrected chi connectivity index (χ0v) is 15.8. The van der Waals surface area contributed by atoms with E-state index in [0.29, 0.717) is 0 Å². The topological polar surface area (TPSA) is 54.2 Å². The van der Waals surface area contributed by atoms with Crippen LogP contribution < -0.4 is 0 Å². The van der Waals surface area contributed by atoms with Crippen LogP contribution in [-0.4, -0.2) is 44.0 Å². The number of β-amino-alcohol motifs (C(OH)–C–C–N with tert-alkyl or cyclic N) is 1. The van der Waals surface area contributed by atoms with Gasteiger partial charge in [-0.1, -0.05) is 43.7 Å². The zero-order valence-electron chi connectivity index (χ0n) is 15.8. The smallest absolute Gasteiger partial charge is 0.161 e. The van der Waals surface area contributed by atoms with Crippen molar-refractivity contribution in [3.8, 4) is 0 Å². The maximum absolute atomic E-state index is 9.98. The number of piperidine rings is 1. The second kappa shape index (κ2) is 7.49. The van der Waals surface area contributed by atoms with E-state index in [0.717, 1.165) is 76.4 Å².